The van der Waals surface area contributed by atoms with E-state index in [4.69, 9.17) is 14.2 Å². The minimum atomic E-state index is -0.0745. The minimum Gasteiger partial charge on any atom is -0.491 e. The Morgan fingerprint density at radius 2 is 1.80 bits per heavy atom. The molecule has 130 valence electrons. The molecule has 2 aliphatic heterocycles. The first-order valence-electron chi connectivity index (χ1n) is 8.61. The Labute approximate surface area is 146 Å². The van der Waals surface area contributed by atoms with Crippen LogP contribution in [0.25, 0.3) is 0 Å². The average Bonchev–Trinajstić information content (AvgIpc) is 2.59. The quantitative estimate of drug-likeness (QED) is 0.926. The van der Waals surface area contributed by atoms with Gasteiger partial charge < -0.3 is 19.5 Å². The highest BCUT2D eigenvalue weighted by atomic mass is 16.6. The first-order valence-corrected chi connectivity index (χ1v) is 8.61. The molecule has 4 rings (SSSR count). The molecule has 0 spiro atoms. The maximum Gasteiger partial charge on any atom is 0.225 e. The van der Waals surface area contributed by atoms with Crippen LogP contribution in [0.3, 0.4) is 0 Å². The Morgan fingerprint density at radius 3 is 2.56 bits per heavy atom. The van der Waals surface area contributed by atoms with Gasteiger partial charge >= 0.3 is 0 Å². The van der Waals surface area contributed by atoms with E-state index in [0.29, 0.717) is 25.4 Å². The fraction of sp³-hybridized carbons (Fsp3) is 0.350. The maximum atomic E-state index is 12.3. The summed E-state index contributed by atoms with van der Waals surface area (Å²) >= 11 is 0. The topological polar surface area (TPSA) is 56.8 Å². The number of hydrogen-bond donors (Lipinski definition) is 1. The number of ether oxygens (including phenoxy) is 3. The highest BCUT2D eigenvalue weighted by Crippen LogP contribution is 2.45. The highest BCUT2D eigenvalue weighted by molar-refractivity contribution is 5.96. The van der Waals surface area contributed by atoms with Crippen LogP contribution >= 0.6 is 0 Å². The van der Waals surface area contributed by atoms with Crippen molar-refractivity contribution in [2.45, 2.75) is 32.3 Å². The van der Waals surface area contributed by atoms with Gasteiger partial charge in [0.05, 0.1) is 6.10 Å². The second-order valence-electron chi connectivity index (χ2n) is 6.59. The summed E-state index contributed by atoms with van der Waals surface area (Å²) in [5, 5.41) is 2.95. The molecule has 2 heterocycles. The number of para-hydroxylation sites is 1. The largest absolute Gasteiger partial charge is 0.491 e. The Kier molecular flexibility index (Phi) is 3.99. The second kappa shape index (κ2) is 6.31. The van der Waals surface area contributed by atoms with Gasteiger partial charge in [-0.2, -0.15) is 0 Å². The van der Waals surface area contributed by atoms with E-state index in [9.17, 15) is 4.79 Å². The lowest BCUT2D eigenvalue weighted by molar-refractivity contribution is -0.116. The number of nitrogens with one attached hydrogen (secondary N) is 1. The summed E-state index contributed by atoms with van der Waals surface area (Å²) in [4.78, 5) is 12.3. The number of carbonyl (C=O) groups excluding carboxylic acids is 1. The van der Waals surface area contributed by atoms with Gasteiger partial charge in [-0.3, -0.25) is 4.79 Å². The molecule has 1 amide bonds. The van der Waals surface area contributed by atoms with Crippen LogP contribution in [0.5, 0.6) is 17.2 Å². The Bertz CT molecular complexity index is 815. The normalized spacial score (nSPS) is 18.5. The SMILES string of the molecule is CC(C)Oc1ccccc1[C@@H]1CC(=O)Nc2cc3c(cc21)OCCO3. The van der Waals surface area contributed by atoms with Crippen LogP contribution in [0.4, 0.5) is 5.69 Å². The maximum absolute atomic E-state index is 12.3. The third-order valence-electron chi connectivity index (χ3n) is 4.41. The van der Waals surface area contributed by atoms with Gasteiger partial charge in [-0.1, -0.05) is 18.2 Å². The molecule has 0 aromatic heterocycles. The van der Waals surface area contributed by atoms with Crippen molar-refractivity contribution >= 4 is 11.6 Å². The molecule has 0 aliphatic carbocycles. The predicted octanol–water partition coefficient (Wildman–Crippen LogP) is 3.72. The molecule has 0 unspecified atom stereocenters. The molecule has 0 saturated heterocycles. The molecule has 2 aromatic rings. The number of carbonyl (C=O) groups is 1. The lowest BCUT2D eigenvalue weighted by Gasteiger charge is -2.30. The summed E-state index contributed by atoms with van der Waals surface area (Å²) in [6, 6.07) is 11.8. The van der Waals surface area contributed by atoms with E-state index in [-0.39, 0.29) is 17.9 Å². The fourth-order valence-electron chi connectivity index (χ4n) is 3.40. The smallest absolute Gasteiger partial charge is 0.225 e. The molecule has 1 N–H and O–H groups in total. The van der Waals surface area contributed by atoms with Gasteiger partial charge in [0.25, 0.3) is 0 Å². The summed E-state index contributed by atoms with van der Waals surface area (Å²) in [6.45, 7) is 5.06. The molecule has 0 saturated carbocycles. The second-order valence-corrected chi connectivity index (χ2v) is 6.59. The van der Waals surface area contributed by atoms with Crippen molar-refractivity contribution < 1.29 is 19.0 Å². The first kappa shape index (κ1) is 15.8. The molecular weight excluding hydrogens is 318 g/mol. The standard InChI is InChI=1S/C20H21NO4/c1-12(2)25-17-6-4-3-5-13(17)14-10-20(22)21-16-11-19-18(9-15(14)16)23-7-8-24-19/h3-6,9,11-12,14H,7-8,10H2,1-2H3,(H,21,22)/t14-/m0/s1. The van der Waals surface area contributed by atoms with Crippen molar-refractivity contribution in [3.63, 3.8) is 0 Å². The number of anilines is 1. The van der Waals surface area contributed by atoms with Gasteiger partial charge in [-0.15, -0.1) is 0 Å². The molecule has 5 nitrogen and oxygen atoms in total. The molecule has 1 atom stereocenters. The van der Waals surface area contributed by atoms with Crippen LogP contribution in [0, 0.1) is 0 Å². The molecule has 0 bridgehead atoms. The van der Waals surface area contributed by atoms with E-state index in [1.807, 2.05) is 50.2 Å². The molecule has 0 radical (unpaired) electrons. The summed E-state index contributed by atoms with van der Waals surface area (Å²) in [5.74, 6) is 2.15. The van der Waals surface area contributed by atoms with Crippen LogP contribution in [0.15, 0.2) is 36.4 Å². The summed E-state index contributed by atoms with van der Waals surface area (Å²) < 4.78 is 17.3. The van der Waals surface area contributed by atoms with E-state index in [1.165, 1.54) is 0 Å². The molecule has 5 heteroatoms. The zero-order chi connectivity index (χ0) is 17.4. The highest BCUT2D eigenvalue weighted by Gasteiger charge is 2.31. The van der Waals surface area contributed by atoms with Crippen molar-refractivity contribution in [2.75, 3.05) is 18.5 Å². The summed E-state index contributed by atoms with van der Waals surface area (Å²) in [5.41, 5.74) is 2.83. The Morgan fingerprint density at radius 1 is 1.08 bits per heavy atom. The minimum absolute atomic E-state index is 0.00599. The number of benzene rings is 2. The number of amides is 1. The van der Waals surface area contributed by atoms with Crippen molar-refractivity contribution in [2.24, 2.45) is 0 Å². The lowest BCUT2D eigenvalue weighted by Crippen LogP contribution is -2.25. The number of hydrogen-bond acceptors (Lipinski definition) is 4. The average molecular weight is 339 g/mol. The molecule has 25 heavy (non-hydrogen) atoms. The van der Waals surface area contributed by atoms with Gasteiger partial charge in [0.2, 0.25) is 5.91 Å². The van der Waals surface area contributed by atoms with Gasteiger partial charge in [-0.25, -0.2) is 0 Å². The van der Waals surface area contributed by atoms with Crippen molar-refractivity contribution in [1.29, 1.82) is 0 Å². The van der Waals surface area contributed by atoms with E-state index >= 15 is 0 Å². The predicted molar refractivity (Wildman–Crippen MR) is 94.7 cm³/mol. The molecule has 0 fully saturated rings. The van der Waals surface area contributed by atoms with Crippen molar-refractivity contribution in [1.82, 2.24) is 0 Å². The van der Waals surface area contributed by atoms with Gasteiger partial charge in [0.1, 0.15) is 19.0 Å². The number of fused-ring (bicyclic) bond motifs is 2. The van der Waals surface area contributed by atoms with Crippen molar-refractivity contribution in [3.05, 3.63) is 47.5 Å². The third kappa shape index (κ3) is 3.02. The molecular formula is C20H21NO4. The van der Waals surface area contributed by atoms with Gasteiger partial charge in [-0.05, 0) is 31.5 Å². The van der Waals surface area contributed by atoms with Crippen LogP contribution in [-0.4, -0.2) is 25.2 Å². The van der Waals surface area contributed by atoms with E-state index < -0.39 is 0 Å². The molecule has 2 aliphatic rings. The van der Waals surface area contributed by atoms with Crippen LogP contribution in [0.2, 0.25) is 0 Å². The van der Waals surface area contributed by atoms with Crippen LogP contribution < -0.4 is 19.5 Å². The van der Waals surface area contributed by atoms with Crippen LogP contribution in [0.1, 0.15) is 37.3 Å². The van der Waals surface area contributed by atoms with Gasteiger partial charge in [0.15, 0.2) is 11.5 Å². The monoisotopic (exact) mass is 339 g/mol. The van der Waals surface area contributed by atoms with Crippen LogP contribution in [-0.2, 0) is 4.79 Å². The fourth-order valence-corrected chi connectivity index (χ4v) is 3.40. The van der Waals surface area contributed by atoms with Crippen molar-refractivity contribution in [3.8, 4) is 17.2 Å². The summed E-state index contributed by atoms with van der Waals surface area (Å²) in [7, 11) is 0. The first-order chi connectivity index (χ1) is 12.1. The third-order valence-corrected chi connectivity index (χ3v) is 4.41. The van der Waals surface area contributed by atoms with E-state index in [2.05, 4.69) is 5.32 Å². The number of rotatable bonds is 3. The summed E-state index contributed by atoms with van der Waals surface area (Å²) in [6.07, 6.45) is 0.448. The van der Waals surface area contributed by atoms with E-state index in [0.717, 1.165) is 28.3 Å². The Balaban J connectivity index is 1.81. The van der Waals surface area contributed by atoms with Gasteiger partial charge in [0, 0.05) is 29.7 Å². The zero-order valence-corrected chi connectivity index (χ0v) is 14.4. The lowest BCUT2D eigenvalue weighted by atomic mass is 9.84. The Hall–Kier alpha value is -2.69. The van der Waals surface area contributed by atoms with E-state index in [1.54, 1.807) is 0 Å². The zero-order valence-electron chi connectivity index (χ0n) is 14.4. The molecule has 2 aromatic carbocycles.